The number of benzene rings is 1. The highest BCUT2D eigenvalue weighted by Crippen LogP contribution is 2.33. The topological polar surface area (TPSA) is 94.2 Å². The largest absolute Gasteiger partial charge is 0.493 e. The van der Waals surface area contributed by atoms with Gasteiger partial charge in [-0.15, -0.1) is 0 Å². The lowest BCUT2D eigenvalue weighted by atomic mass is 10.0. The molecule has 0 heterocycles. The summed E-state index contributed by atoms with van der Waals surface area (Å²) >= 11 is 0. The maximum atomic E-state index is 12.6. The first kappa shape index (κ1) is 21.7. The van der Waals surface area contributed by atoms with E-state index in [1.165, 1.54) is 20.3 Å². The van der Waals surface area contributed by atoms with Gasteiger partial charge in [-0.25, -0.2) is 0 Å². The van der Waals surface area contributed by atoms with Gasteiger partial charge in [0.1, 0.15) is 6.54 Å². The number of methoxy groups -OCH3 is 2. The lowest BCUT2D eigenvalue weighted by Crippen LogP contribution is -2.38. The Hall–Kier alpha value is -3.03. The van der Waals surface area contributed by atoms with E-state index in [-0.39, 0.29) is 25.1 Å². The maximum Gasteiger partial charge on any atom is 0.325 e. The molecule has 0 radical (unpaired) electrons. The fourth-order valence-corrected chi connectivity index (χ4v) is 3.47. The summed E-state index contributed by atoms with van der Waals surface area (Å²) in [6, 6.07) is 4.92. The molecule has 0 bridgehead atoms. The second-order valence-corrected chi connectivity index (χ2v) is 7.35. The first-order chi connectivity index (χ1) is 14.5. The van der Waals surface area contributed by atoms with Gasteiger partial charge in [0.2, 0.25) is 0 Å². The summed E-state index contributed by atoms with van der Waals surface area (Å²) in [6.45, 7) is -0.647. The van der Waals surface area contributed by atoms with Crippen LogP contribution in [0.2, 0.25) is 0 Å². The Morgan fingerprint density at radius 1 is 1.10 bits per heavy atom. The summed E-state index contributed by atoms with van der Waals surface area (Å²) in [5.41, 5.74) is 1.37. The van der Waals surface area contributed by atoms with Crippen LogP contribution in [0.1, 0.15) is 48.9 Å². The van der Waals surface area contributed by atoms with Crippen LogP contribution in [0.3, 0.4) is 0 Å². The van der Waals surface area contributed by atoms with Crippen LogP contribution in [-0.4, -0.2) is 56.1 Å². The molecule has 8 nitrogen and oxygen atoms in total. The van der Waals surface area contributed by atoms with E-state index in [2.05, 4.69) is 11.4 Å². The van der Waals surface area contributed by atoms with Crippen molar-refractivity contribution < 1.29 is 28.6 Å². The number of amides is 2. The van der Waals surface area contributed by atoms with Gasteiger partial charge in [0.25, 0.3) is 11.8 Å². The number of esters is 1. The van der Waals surface area contributed by atoms with Crippen LogP contribution < -0.4 is 14.8 Å². The van der Waals surface area contributed by atoms with Crippen LogP contribution >= 0.6 is 0 Å². The second kappa shape index (κ2) is 10.1. The fraction of sp³-hybridized carbons (Fsp3) is 0.500. The van der Waals surface area contributed by atoms with Crippen molar-refractivity contribution >= 4 is 17.8 Å². The summed E-state index contributed by atoms with van der Waals surface area (Å²) in [5, 5.41) is 2.49. The lowest BCUT2D eigenvalue weighted by Gasteiger charge is -2.27. The van der Waals surface area contributed by atoms with Gasteiger partial charge in [0.15, 0.2) is 18.1 Å². The molecule has 2 aliphatic carbocycles. The molecule has 1 aromatic rings. The van der Waals surface area contributed by atoms with E-state index in [0.717, 1.165) is 44.2 Å². The predicted octanol–water partition coefficient (Wildman–Crippen LogP) is 2.43. The van der Waals surface area contributed by atoms with Crippen LogP contribution in [0, 0.1) is 0 Å². The minimum atomic E-state index is -0.662. The quantitative estimate of drug-likeness (QED) is 0.622. The van der Waals surface area contributed by atoms with Crippen molar-refractivity contribution in [3.63, 3.8) is 0 Å². The predicted molar refractivity (Wildman–Crippen MR) is 109 cm³/mol. The Morgan fingerprint density at radius 2 is 1.87 bits per heavy atom. The van der Waals surface area contributed by atoms with E-state index in [4.69, 9.17) is 14.2 Å². The number of nitrogens with zero attached hydrogens (tertiary/aromatic N) is 1. The minimum absolute atomic E-state index is 0.204. The molecule has 2 aliphatic rings. The molecule has 1 N–H and O–H groups in total. The Labute approximate surface area is 176 Å². The van der Waals surface area contributed by atoms with E-state index in [1.54, 1.807) is 17.0 Å². The highest BCUT2D eigenvalue weighted by atomic mass is 16.5. The van der Waals surface area contributed by atoms with E-state index in [1.807, 2.05) is 0 Å². The molecular formula is C22H28N2O6. The Morgan fingerprint density at radius 3 is 2.50 bits per heavy atom. The standard InChI is InChI=1S/C22H28N2O6/c1-28-18-11-8-15(12-19(18)29-2)22(27)23-13-21(26)30-14-20(25)24(17-9-10-17)16-6-4-3-5-7-16/h6,8,11-12,17H,3-5,7,9-10,13-14H2,1-2H3,(H,23,27). The summed E-state index contributed by atoms with van der Waals surface area (Å²) in [7, 11) is 2.98. The lowest BCUT2D eigenvalue weighted by molar-refractivity contribution is -0.150. The molecular weight excluding hydrogens is 388 g/mol. The fourth-order valence-electron chi connectivity index (χ4n) is 3.47. The van der Waals surface area contributed by atoms with Crippen molar-refractivity contribution in [2.75, 3.05) is 27.4 Å². The van der Waals surface area contributed by atoms with Gasteiger partial charge < -0.3 is 24.4 Å². The molecule has 0 aromatic heterocycles. The van der Waals surface area contributed by atoms with Crippen LogP contribution in [0.4, 0.5) is 0 Å². The molecule has 0 aliphatic heterocycles. The van der Waals surface area contributed by atoms with E-state index in [9.17, 15) is 14.4 Å². The number of rotatable bonds is 9. The average molecular weight is 416 g/mol. The summed E-state index contributed by atoms with van der Waals surface area (Å²) in [5.74, 6) is -0.405. The Bertz CT molecular complexity index is 831. The van der Waals surface area contributed by atoms with Crippen molar-refractivity contribution in [2.45, 2.75) is 44.6 Å². The molecule has 1 saturated carbocycles. The third-order valence-corrected chi connectivity index (χ3v) is 5.15. The number of carbonyl (C=O) groups excluding carboxylic acids is 3. The zero-order chi connectivity index (χ0) is 21.5. The van der Waals surface area contributed by atoms with Gasteiger partial charge >= 0.3 is 5.97 Å². The zero-order valence-corrected chi connectivity index (χ0v) is 17.4. The maximum absolute atomic E-state index is 12.6. The third-order valence-electron chi connectivity index (χ3n) is 5.15. The van der Waals surface area contributed by atoms with Crippen LogP contribution in [0.15, 0.2) is 30.0 Å². The van der Waals surface area contributed by atoms with Crippen molar-refractivity contribution in [2.24, 2.45) is 0 Å². The molecule has 1 aromatic carbocycles. The Balaban J connectivity index is 1.48. The van der Waals surface area contributed by atoms with Crippen molar-refractivity contribution in [3.05, 3.63) is 35.5 Å². The van der Waals surface area contributed by atoms with Crippen molar-refractivity contribution in [1.29, 1.82) is 0 Å². The normalized spacial score (nSPS) is 15.6. The van der Waals surface area contributed by atoms with E-state index >= 15 is 0 Å². The van der Waals surface area contributed by atoms with Crippen LogP contribution in [-0.2, 0) is 14.3 Å². The van der Waals surface area contributed by atoms with E-state index in [0.29, 0.717) is 17.1 Å². The van der Waals surface area contributed by atoms with Gasteiger partial charge in [-0.05, 0) is 56.7 Å². The number of nitrogens with one attached hydrogen (secondary N) is 1. The molecule has 1 fully saturated rings. The van der Waals surface area contributed by atoms with Gasteiger partial charge in [-0.2, -0.15) is 0 Å². The number of hydrogen-bond acceptors (Lipinski definition) is 6. The summed E-state index contributed by atoms with van der Waals surface area (Å²) in [6.07, 6.45) is 8.17. The zero-order valence-electron chi connectivity index (χ0n) is 17.4. The SMILES string of the molecule is COc1ccc(C(=O)NCC(=O)OCC(=O)N(C2=CCCCC2)C2CC2)cc1OC. The first-order valence-electron chi connectivity index (χ1n) is 10.2. The van der Waals surface area contributed by atoms with Crippen molar-refractivity contribution in [1.82, 2.24) is 10.2 Å². The molecule has 162 valence electrons. The minimum Gasteiger partial charge on any atom is -0.493 e. The number of ether oxygens (including phenoxy) is 3. The van der Waals surface area contributed by atoms with Gasteiger partial charge in [0, 0.05) is 17.3 Å². The van der Waals surface area contributed by atoms with E-state index < -0.39 is 11.9 Å². The molecule has 0 unspecified atom stereocenters. The molecule has 3 rings (SSSR count). The number of allylic oxidation sites excluding steroid dienone is 2. The van der Waals surface area contributed by atoms with Gasteiger partial charge in [0.05, 0.1) is 14.2 Å². The molecule has 0 atom stereocenters. The van der Waals surface area contributed by atoms with Crippen molar-refractivity contribution in [3.8, 4) is 11.5 Å². The van der Waals surface area contributed by atoms with Gasteiger partial charge in [-0.3, -0.25) is 14.4 Å². The molecule has 2 amide bonds. The summed E-state index contributed by atoms with van der Waals surface area (Å²) in [4.78, 5) is 38.7. The van der Waals surface area contributed by atoms with Crippen LogP contribution in [0.5, 0.6) is 11.5 Å². The number of hydrogen-bond donors (Lipinski definition) is 1. The first-order valence-corrected chi connectivity index (χ1v) is 10.2. The molecule has 0 saturated heterocycles. The molecule has 8 heteroatoms. The average Bonchev–Trinajstić information content (AvgIpc) is 3.61. The highest BCUT2D eigenvalue weighted by molar-refractivity contribution is 5.96. The van der Waals surface area contributed by atoms with Gasteiger partial charge in [-0.1, -0.05) is 6.08 Å². The van der Waals surface area contributed by atoms with Crippen LogP contribution in [0.25, 0.3) is 0 Å². The smallest absolute Gasteiger partial charge is 0.325 e. The second-order valence-electron chi connectivity index (χ2n) is 7.35. The monoisotopic (exact) mass is 416 g/mol. The molecule has 0 spiro atoms. The molecule has 30 heavy (non-hydrogen) atoms. The highest BCUT2D eigenvalue weighted by Gasteiger charge is 2.35. The Kier molecular flexibility index (Phi) is 7.32. The number of carbonyl (C=O) groups is 3. The third kappa shape index (κ3) is 5.52. The summed E-state index contributed by atoms with van der Waals surface area (Å²) < 4.78 is 15.4.